The molecule has 0 aliphatic carbocycles. The fourth-order valence-electron chi connectivity index (χ4n) is 2.12. The van der Waals surface area contributed by atoms with E-state index in [-0.39, 0.29) is 5.82 Å². The molecular formula is C14H11FIN3OS. The highest BCUT2D eigenvalue weighted by atomic mass is 127. The molecule has 0 amide bonds. The van der Waals surface area contributed by atoms with Crippen molar-refractivity contribution in [1.29, 1.82) is 0 Å². The second-order valence-electron chi connectivity index (χ2n) is 4.51. The van der Waals surface area contributed by atoms with E-state index in [1.54, 1.807) is 25.4 Å². The number of hydrogen-bond acceptors (Lipinski definition) is 3. The fraction of sp³-hybridized carbons (Fsp3) is 0.143. The maximum absolute atomic E-state index is 13.8. The highest BCUT2D eigenvalue weighted by Gasteiger charge is 2.09. The number of fused-ring (bicyclic) bond motifs is 1. The van der Waals surface area contributed by atoms with E-state index in [0.717, 1.165) is 16.6 Å². The third-order valence-electron chi connectivity index (χ3n) is 3.16. The Morgan fingerprint density at radius 2 is 2.24 bits per heavy atom. The zero-order valence-corrected chi connectivity index (χ0v) is 14.0. The lowest BCUT2D eigenvalue weighted by Crippen LogP contribution is -2.01. The summed E-state index contributed by atoms with van der Waals surface area (Å²) < 4.78 is 21.8. The topological polar surface area (TPSA) is 42.8 Å². The summed E-state index contributed by atoms with van der Waals surface area (Å²) in [5.74, 6) is 0.306. The lowest BCUT2D eigenvalue weighted by Gasteiger charge is -2.06. The van der Waals surface area contributed by atoms with Gasteiger partial charge in [0.25, 0.3) is 0 Å². The van der Waals surface area contributed by atoms with Crippen molar-refractivity contribution < 1.29 is 9.13 Å². The largest absolute Gasteiger partial charge is 0.481 e. The van der Waals surface area contributed by atoms with Crippen molar-refractivity contribution in [3.8, 4) is 5.88 Å². The van der Waals surface area contributed by atoms with Gasteiger partial charge in [-0.05, 0) is 46.4 Å². The second-order valence-corrected chi connectivity index (χ2v) is 6.06. The minimum Gasteiger partial charge on any atom is -0.481 e. The van der Waals surface area contributed by atoms with Crippen molar-refractivity contribution in [2.24, 2.45) is 0 Å². The van der Waals surface area contributed by atoms with Crippen LogP contribution in [0.2, 0.25) is 0 Å². The molecule has 0 aliphatic heterocycles. The number of nitrogens with one attached hydrogen (secondary N) is 1. The Morgan fingerprint density at radius 1 is 1.43 bits per heavy atom. The molecule has 0 aliphatic rings. The van der Waals surface area contributed by atoms with Crippen molar-refractivity contribution in [1.82, 2.24) is 14.5 Å². The third-order valence-corrected chi connectivity index (χ3v) is 4.31. The number of nitrogens with zero attached hydrogens (tertiary/aromatic N) is 2. The molecule has 0 radical (unpaired) electrons. The van der Waals surface area contributed by atoms with Crippen molar-refractivity contribution in [3.05, 3.63) is 50.2 Å². The van der Waals surface area contributed by atoms with Gasteiger partial charge in [0.15, 0.2) is 4.77 Å². The Balaban J connectivity index is 2.05. The lowest BCUT2D eigenvalue weighted by molar-refractivity contribution is 0.397. The molecule has 21 heavy (non-hydrogen) atoms. The van der Waals surface area contributed by atoms with Gasteiger partial charge in [-0.15, -0.1) is 0 Å². The number of aromatic nitrogens is 3. The molecule has 0 spiro atoms. The van der Waals surface area contributed by atoms with Gasteiger partial charge in [-0.1, -0.05) is 6.07 Å². The number of hydrogen-bond donors (Lipinski definition) is 1. The van der Waals surface area contributed by atoms with Gasteiger partial charge in [-0.2, -0.15) is 0 Å². The summed E-state index contributed by atoms with van der Waals surface area (Å²) in [7, 11) is 1.57. The molecule has 0 atom stereocenters. The number of methoxy groups -OCH3 is 1. The van der Waals surface area contributed by atoms with E-state index in [1.807, 2.05) is 33.2 Å². The van der Waals surface area contributed by atoms with Gasteiger partial charge in [0.2, 0.25) is 5.88 Å². The van der Waals surface area contributed by atoms with Crippen LogP contribution in [0.4, 0.5) is 4.39 Å². The second kappa shape index (κ2) is 5.72. The zero-order valence-electron chi connectivity index (χ0n) is 11.1. The SMILES string of the molecule is COc1ccc(Cn2c(=S)[nH]c3cc(I)c(F)cc32)cn1. The van der Waals surface area contributed by atoms with Gasteiger partial charge in [0.1, 0.15) is 5.82 Å². The molecule has 7 heteroatoms. The number of rotatable bonds is 3. The van der Waals surface area contributed by atoms with E-state index in [9.17, 15) is 4.39 Å². The first-order valence-electron chi connectivity index (χ1n) is 6.15. The molecule has 0 saturated heterocycles. The molecule has 4 nitrogen and oxygen atoms in total. The number of H-pyrrole nitrogens is 1. The monoisotopic (exact) mass is 415 g/mol. The lowest BCUT2D eigenvalue weighted by atomic mass is 10.2. The first kappa shape index (κ1) is 14.5. The van der Waals surface area contributed by atoms with E-state index in [4.69, 9.17) is 17.0 Å². The van der Waals surface area contributed by atoms with Crippen LogP contribution in [-0.4, -0.2) is 21.6 Å². The highest BCUT2D eigenvalue weighted by molar-refractivity contribution is 14.1. The van der Waals surface area contributed by atoms with Crippen LogP contribution in [0.5, 0.6) is 5.88 Å². The fourth-order valence-corrected chi connectivity index (χ4v) is 2.86. The minimum absolute atomic E-state index is 0.251. The van der Waals surface area contributed by atoms with Crippen LogP contribution in [0, 0.1) is 14.2 Å². The number of halogens is 2. The Hall–Kier alpha value is -1.48. The standard InChI is InChI=1S/C14H11FIN3OS/c1-20-13-3-2-8(6-17-13)7-19-12-4-9(15)10(16)5-11(12)18-14(19)21/h2-6H,7H2,1H3,(H,18,21). The molecule has 0 unspecified atom stereocenters. The van der Waals surface area contributed by atoms with Gasteiger partial charge in [0.05, 0.1) is 28.3 Å². The normalized spacial score (nSPS) is 11.0. The molecular weight excluding hydrogens is 404 g/mol. The predicted molar refractivity (Wildman–Crippen MR) is 89.7 cm³/mol. The average molecular weight is 415 g/mol. The molecule has 2 heterocycles. The first-order chi connectivity index (χ1) is 10.1. The molecule has 0 bridgehead atoms. The van der Waals surface area contributed by atoms with Crippen molar-refractivity contribution in [3.63, 3.8) is 0 Å². The van der Waals surface area contributed by atoms with Gasteiger partial charge in [-0.25, -0.2) is 9.37 Å². The molecule has 0 fully saturated rings. The number of aromatic amines is 1. The van der Waals surface area contributed by atoms with Gasteiger partial charge >= 0.3 is 0 Å². The molecule has 2 aromatic heterocycles. The van der Waals surface area contributed by atoms with Crippen molar-refractivity contribution in [2.75, 3.05) is 7.11 Å². The summed E-state index contributed by atoms with van der Waals surface area (Å²) in [5.41, 5.74) is 2.53. The highest BCUT2D eigenvalue weighted by Crippen LogP contribution is 2.21. The van der Waals surface area contributed by atoms with Gasteiger partial charge < -0.3 is 14.3 Å². The van der Waals surface area contributed by atoms with Crippen LogP contribution < -0.4 is 4.74 Å². The van der Waals surface area contributed by atoms with Crippen LogP contribution in [0.3, 0.4) is 0 Å². The smallest absolute Gasteiger partial charge is 0.212 e. The summed E-state index contributed by atoms with van der Waals surface area (Å²) in [4.78, 5) is 7.26. The van der Waals surface area contributed by atoms with E-state index >= 15 is 0 Å². The molecule has 3 rings (SSSR count). The summed E-state index contributed by atoms with van der Waals surface area (Å²) in [6, 6.07) is 6.96. The maximum atomic E-state index is 13.8. The Labute approximate surface area is 139 Å². The van der Waals surface area contributed by atoms with E-state index in [1.165, 1.54) is 6.07 Å². The zero-order chi connectivity index (χ0) is 15.0. The first-order valence-corrected chi connectivity index (χ1v) is 7.63. The molecule has 1 aromatic carbocycles. The van der Waals surface area contributed by atoms with E-state index < -0.39 is 0 Å². The Kier molecular flexibility index (Phi) is 3.94. The predicted octanol–water partition coefficient (Wildman–Crippen LogP) is 3.89. The Bertz CT molecular complexity index is 857. The number of imidazole rings is 1. The summed E-state index contributed by atoms with van der Waals surface area (Å²) in [6.45, 7) is 0.524. The summed E-state index contributed by atoms with van der Waals surface area (Å²) >= 11 is 7.29. The molecule has 1 N–H and O–H groups in total. The third kappa shape index (κ3) is 2.80. The molecule has 0 saturated carbocycles. The Morgan fingerprint density at radius 3 is 2.90 bits per heavy atom. The van der Waals surface area contributed by atoms with Crippen molar-refractivity contribution >= 4 is 45.8 Å². The van der Waals surface area contributed by atoms with Crippen LogP contribution in [-0.2, 0) is 6.54 Å². The maximum Gasteiger partial charge on any atom is 0.212 e. The molecule has 108 valence electrons. The van der Waals surface area contributed by atoms with E-state index in [2.05, 4.69) is 9.97 Å². The van der Waals surface area contributed by atoms with Crippen LogP contribution in [0.15, 0.2) is 30.5 Å². The van der Waals surface area contributed by atoms with Crippen LogP contribution >= 0.6 is 34.8 Å². The average Bonchev–Trinajstić information content (AvgIpc) is 2.76. The van der Waals surface area contributed by atoms with Crippen LogP contribution in [0.25, 0.3) is 11.0 Å². The van der Waals surface area contributed by atoms with Gasteiger partial charge in [0, 0.05) is 18.3 Å². The molecule has 3 aromatic rings. The summed E-state index contributed by atoms with van der Waals surface area (Å²) in [6.07, 6.45) is 1.72. The van der Waals surface area contributed by atoms with Gasteiger partial charge in [-0.3, -0.25) is 0 Å². The van der Waals surface area contributed by atoms with E-state index in [0.29, 0.717) is 20.8 Å². The quantitative estimate of drug-likeness (QED) is 0.522. The van der Waals surface area contributed by atoms with Crippen molar-refractivity contribution in [2.45, 2.75) is 6.54 Å². The minimum atomic E-state index is -0.251. The number of ether oxygens (including phenoxy) is 1. The van der Waals surface area contributed by atoms with Crippen LogP contribution in [0.1, 0.15) is 5.56 Å². The number of benzene rings is 1. The number of pyridine rings is 1. The summed E-state index contributed by atoms with van der Waals surface area (Å²) in [5, 5.41) is 0.